The molecule has 0 bridgehead atoms. The molecule has 340 valence electrons. The zero-order valence-electron chi connectivity index (χ0n) is 36.0. The van der Waals surface area contributed by atoms with Crippen LogP contribution in [0.25, 0.3) is 0 Å². The number of aliphatic hydroxyl groups excluding tert-OH is 2. The van der Waals surface area contributed by atoms with Gasteiger partial charge in [0.1, 0.15) is 30.8 Å². The van der Waals surface area contributed by atoms with Gasteiger partial charge in [-0.2, -0.15) is 0 Å². The Morgan fingerprint density at radius 2 is 1.83 bits per heavy atom. The molecule has 1 fully saturated rings. The average molecular weight is 907 g/mol. The van der Waals surface area contributed by atoms with E-state index in [0.29, 0.717) is 55.2 Å². The molecular weight excluding hydrogens is 846 g/mol. The summed E-state index contributed by atoms with van der Waals surface area (Å²) in [6.45, 7) is 7.15. The number of thioether (sulfide) groups is 1. The molecule has 15 heteroatoms. The number of nitrogens with zero attached hydrogens (tertiary/aromatic N) is 3. The van der Waals surface area contributed by atoms with Gasteiger partial charge in [-0.3, -0.25) is 15.0 Å². The quantitative estimate of drug-likeness (QED) is 0.0208. The molecule has 3 aliphatic rings. The van der Waals surface area contributed by atoms with Crippen LogP contribution in [0.5, 0.6) is 11.5 Å². The predicted octanol–water partition coefficient (Wildman–Crippen LogP) is 9.69. The number of carbonyl (C=O) groups excluding carboxylic acids is 1. The van der Waals surface area contributed by atoms with E-state index in [1.54, 1.807) is 34.9 Å². The number of carbonyl (C=O) groups is 1. The third kappa shape index (κ3) is 11.8. The van der Waals surface area contributed by atoms with E-state index >= 15 is 0 Å². The molecule has 1 aliphatic heterocycles. The van der Waals surface area contributed by atoms with Gasteiger partial charge >= 0.3 is 6.09 Å². The highest BCUT2D eigenvalue weighted by molar-refractivity contribution is 7.99. The number of rotatable bonds is 25. The van der Waals surface area contributed by atoms with Gasteiger partial charge in [0.25, 0.3) is 5.69 Å². The van der Waals surface area contributed by atoms with E-state index in [1.807, 2.05) is 37.3 Å². The van der Waals surface area contributed by atoms with Crippen LogP contribution in [0, 0.1) is 27.9 Å². The Hall–Kier alpha value is -4.60. The van der Waals surface area contributed by atoms with Gasteiger partial charge in [0.05, 0.1) is 35.6 Å². The van der Waals surface area contributed by atoms with E-state index in [9.17, 15) is 25.1 Å². The van der Waals surface area contributed by atoms with Crippen molar-refractivity contribution in [3.05, 3.63) is 118 Å². The van der Waals surface area contributed by atoms with Crippen LogP contribution in [0.2, 0.25) is 0 Å². The Bertz CT molecular complexity index is 2020. The number of alkyl halides is 1. The lowest BCUT2D eigenvalue weighted by atomic mass is 9.55. The third-order valence-corrected chi connectivity index (χ3v) is 13.1. The SMILES string of the molecule is C=CCO[C@@]12Oc3ccc(OCCSc4ccccc4)cc3[C@H]3[C@H](CCCCO)[C@@H](CCCCO)C=C(C(=NOCc4ccc([N+](=O)[O-])cc4)C[C@@H]1N(CCC)C(=O)OCCCl)[C@H]32. The Morgan fingerprint density at radius 3 is 2.52 bits per heavy atom. The molecule has 0 radical (unpaired) electrons. The first kappa shape index (κ1) is 47.9. The summed E-state index contributed by atoms with van der Waals surface area (Å²) < 4.78 is 26.5. The summed E-state index contributed by atoms with van der Waals surface area (Å²) in [6, 6.07) is 21.5. The van der Waals surface area contributed by atoms with E-state index in [2.05, 4.69) is 30.9 Å². The number of halogens is 1. The van der Waals surface area contributed by atoms with Crippen LogP contribution < -0.4 is 9.47 Å². The van der Waals surface area contributed by atoms with Crippen molar-refractivity contribution in [1.82, 2.24) is 4.90 Å². The Kier molecular flexibility index (Phi) is 18.2. The zero-order valence-corrected chi connectivity index (χ0v) is 37.6. The highest BCUT2D eigenvalue weighted by Crippen LogP contribution is 2.62. The normalized spacial score (nSPS) is 22.8. The van der Waals surface area contributed by atoms with Crippen LogP contribution in [-0.2, 0) is 20.9 Å². The van der Waals surface area contributed by atoms with Gasteiger partial charge in [-0.25, -0.2) is 4.79 Å². The number of hydrogen-bond acceptors (Lipinski definition) is 12. The van der Waals surface area contributed by atoms with Crippen LogP contribution in [0.15, 0.2) is 107 Å². The Morgan fingerprint density at radius 1 is 1.06 bits per heavy atom. The molecule has 2 N–H and O–H groups in total. The number of hydrogen-bond donors (Lipinski definition) is 2. The monoisotopic (exact) mass is 905 g/mol. The van der Waals surface area contributed by atoms with Crippen LogP contribution in [0.3, 0.4) is 0 Å². The van der Waals surface area contributed by atoms with Crippen molar-refractivity contribution >= 4 is 40.9 Å². The minimum absolute atomic E-state index is 0.0170. The summed E-state index contributed by atoms with van der Waals surface area (Å²) >= 11 is 7.76. The number of allylic oxidation sites excluding steroid dienone is 1. The van der Waals surface area contributed by atoms with Crippen LogP contribution in [0.4, 0.5) is 10.5 Å². The van der Waals surface area contributed by atoms with Crippen molar-refractivity contribution in [2.45, 2.75) is 87.5 Å². The molecule has 0 saturated heterocycles. The number of benzene rings is 3. The third-order valence-electron chi connectivity index (χ3n) is 11.9. The number of ether oxygens (including phenoxy) is 4. The fourth-order valence-corrected chi connectivity index (χ4v) is 10.1. The minimum Gasteiger partial charge on any atom is -0.493 e. The van der Waals surface area contributed by atoms with Crippen molar-refractivity contribution in [2.75, 3.05) is 51.2 Å². The smallest absolute Gasteiger partial charge is 0.410 e. The Labute approximate surface area is 379 Å². The summed E-state index contributed by atoms with van der Waals surface area (Å²) in [5.41, 5.74) is 3.14. The van der Waals surface area contributed by atoms with Crippen molar-refractivity contribution in [2.24, 2.45) is 22.9 Å². The van der Waals surface area contributed by atoms with Crippen LogP contribution >= 0.6 is 23.4 Å². The molecule has 0 aromatic heterocycles. The molecule has 1 amide bonds. The average Bonchev–Trinajstić information content (AvgIpc) is 3.30. The van der Waals surface area contributed by atoms with Crippen molar-refractivity contribution in [3.63, 3.8) is 0 Å². The number of unbranched alkanes of at least 4 members (excludes halogenated alkanes) is 2. The molecule has 3 aromatic carbocycles. The van der Waals surface area contributed by atoms with E-state index in [-0.39, 0.29) is 68.8 Å². The maximum atomic E-state index is 14.2. The number of fused-ring (bicyclic) bond motifs is 2. The first-order valence-corrected chi connectivity index (χ1v) is 23.5. The Balaban J connectivity index is 1.50. The van der Waals surface area contributed by atoms with Gasteiger partial charge in [0.2, 0.25) is 5.79 Å². The molecule has 6 rings (SSSR count). The number of nitro groups is 1. The molecule has 0 unspecified atom stereocenters. The lowest BCUT2D eigenvalue weighted by Gasteiger charge is -2.59. The van der Waals surface area contributed by atoms with E-state index < -0.39 is 28.8 Å². The summed E-state index contributed by atoms with van der Waals surface area (Å²) in [5.74, 6) is 0.0963. The summed E-state index contributed by atoms with van der Waals surface area (Å²) in [5, 5.41) is 36.0. The largest absolute Gasteiger partial charge is 0.493 e. The highest BCUT2D eigenvalue weighted by Gasteiger charge is 2.65. The second-order valence-electron chi connectivity index (χ2n) is 16.0. The molecule has 13 nitrogen and oxygen atoms in total. The fourth-order valence-electron chi connectivity index (χ4n) is 9.30. The second kappa shape index (κ2) is 23.9. The van der Waals surface area contributed by atoms with E-state index in [4.69, 9.17) is 40.5 Å². The summed E-state index contributed by atoms with van der Waals surface area (Å²) in [7, 11) is 0. The van der Waals surface area contributed by atoms with E-state index in [1.165, 1.54) is 17.0 Å². The topological polar surface area (TPSA) is 162 Å². The molecule has 63 heavy (non-hydrogen) atoms. The first-order valence-electron chi connectivity index (χ1n) is 22.0. The van der Waals surface area contributed by atoms with Crippen molar-refractivity contribution in [1.29, 1.82) is 0 Å². The van der Waals surface area contributed by atoms with E-state index in [0.717, 1.165) is 42.6 Å². The number of aliphatic hydroxyl groups is 2. The minimum atomic E-state index is -1.44. The number of nitro benzene ring substituents is 1. The second-order valence-corrected chi connectivity index (χ2v) is 17.5. The van der Waals surface area contributed by atoms with Gasteiger partial charge < -0.3 is 34.0 Å². The van der Waals surface area contributed by atoms with Gasteiger partial charge in [0.15, 0.2) is 0 Å². The molecule has 1 heterocycles. The van der Waals surface area contributed by atoms with Gasteiger partial charge in [-0.15, -0.1) is 29.9 Å². The lowest BCUT2D eigenvalue weighted by molar-refractivity contribution is -0.384. The molecule has 0 spiro atoms. The molecule has 6 atom stereocenters. The number of amides is 1. The van der Waals surface area contributed by atoms with Crippen molar-refractivity contribution < 1.29 is 43.7 Å². The zero-order chi connectivity index (χ0) is 44.6. The van der Waals surface area contributed by atoms with Gasteiger partial charge in [-0.05, 0) is 97.5 Å². The van der Waals surface area contributed by atoms with Crippen LogP contribution in [-0.4, -0.2) is 94.9 Å². The molecule has 2 aliphatic carbocycles. The summed E-state index contributed by atoms with van der Waals surface area (Å²) in [6.07, 6.45) is 8.67. The maximum Gasteiger partial charge on any atom is 0.410 e. The molecular formula is C48H60ClN3O10S. The predicted molar refractivity (Wildman–Crippen MR) is 245 cm³/mol. The lowest BCUT2D eigenvalue weighted by Crippen LogP contribution is -2.70. The van der Waals surface area contributed by atoms with Crippen LogP contribution in [0.1, 0.15) is 75.3 Å². The van der Waals surface area contributed by atoms with Gasteiger partial charge in [0, 0.05) is 60.4 Å². The summed E-state index contributed by atoms with van der Waals surface area (Å²) in [4.78, 5) is 34.0. The standard InChI is InChI=1S/C48H60ClN3O10S/c1-3-23-51(47(55)59-27-22-49)44-32-42(50-61-33-34-16-18-36(19-17-34)52(56)57)40-30-35(12-8-10-24-53)39(15-9-11-25-54)45-41-31-37(58-28-29-63-38-13-6-5-7-14-38)20-21-43(41)62-48(44,46(40)45)60-26-4-2/h4-7,13-14,16-21,30-31,35,39,44-46,53-54H,2-3,8-12,15,22-29,32-33H2,1H3/t35-,39+,44-,45+,46+,48+/m0/s1. The van der Waals surface area contributed by atoms with Crippen molar-refractivity contribution in [3.8, 4) is 11.5 Å². The van der Waals surface area contributed by atoms with Gasteiger partial charge in [-0.1, -0.05) is 55.3 Å². The maximum absolute atomic E-state index is 14.2. The fraction of sp³-hybridized carbons (Fsp3) is 0.500. The first-order chi connectivity index (χ1) is 30.8. The highest BCUT2D eigenvalue weighted by atomic mass is 35.5. The number of non-ortho nitro benzene ring substituents is 1. The molecule has 3 aromatic rings. The molecule has 1 saturated carbocycles. The number of oxime groups is 1.